The summed E-state index contributed by atoms with van der Waals surface area (Å²) in [6, 6.07) is 12.2. The molecule has 0 bridgehead atoms. The van der Waals surface area contributed by atoms with Crippen LogP contribution in [0.4, 0.5) is 0 Å². The summed E-state index contributed by atoms with van der Waals surface area (Å²) in [7, 11) is 0. The van der Waals surface area contributed by atoms with Gasteiger partial charge in [-0.3, -0.25) is 25.2 Å². The van der Waals surface area contributed by atoms with E-state index in [4.69, 9.17) is 16.3 Å². The summed E-state index contributed by atoms with van der Waals surface area (Å²) in [5.74, 6) is -0.733. The minimum atomic E-state index is -0.462. The van der Waals surface area contributed by atoms with Crippen molar-refractivity contribution < 1.29 is 19.1 Å². The first kappa shape index (κ1) is 22.6. The number of carbonyl (C=O) groups is 3. The van der Waals surface area contributed by atoms with Gasteiger partial charge in [-0.15, -0.1) is 0 Å². The fraction of sp³-hybridized carbons (Fsp3) is 0.348. The minimum absolute atomic E-state index is 0.139. The van der Waals surface area contributed by atoms with Crippen LogP contribution in [0.2, 0.25) is 5.02 Å². The molecule has 1 fully saturated rings. The van der Waals surface area contributed by atoms with Crippen molar-refractivity contribution in [2.45, 2.75) is 26.7 Å². The zero-order valence-corrected chi connectivity index (χ0v) is 18.4. The molecule has 0 radical (unpaired) electrons. The smallest absolute Gasteiger partial charge is 0.276 e. The van der Waals surface area contributed by atoms with Gasteiger partial charge in [0.05, 0.1) is 5.92 Å². The molecule has 31 heavy (non-hydrogen) atoms. The maximum atomic E-state index is 12.7. The number of ether oxygens (including phenoxy) is 1. The van der Waals surface area contributed by atoms with Gasteiger partial charge in [0.15, 0.2) is 6.61 Å². The van der Waals surface area contributed by atoms with E-state index in [0.717, 1.165) is 11.1 Å². The molecule has 164 valence electrons. The number of nitrogens with zero attached hydrogens (tertiary/aromatic N) is 1. The lowest BCUT2D eigenvalue weighted by Crippen LogP contribution is -2.50. The Balaban J connectivity index is 1.46. The molecule has 1 atom stereocenters. The van der Waals surface area contributed by atoms with E-state index >= 15 is 0 Å². The number of carbonyl (C=O) groups excluding carboxylic acids is 3. The predicted octanol–water partition coefficient (Wildman–Crippen LogP) is 3.04. The molecule has 2 aromatic rings. The third-order valence-corrected chi connectivity index (χ3v) is 5.60. The molecule has 1 saturated heterocycles. The summed E-state index contributed by atoms with van der Waals surface area (Å²) in [6.45, 7) is 4.63. The van der Waals surface area contributed by atoms with Crippen LogP contribution in [-0.2, 0) is 9.59 Å². The minimum Gasteiger partial charge on any atom is -0.484 e. The van der Waals surface area contributed by atoms with Crippen LogP contribution in [0.25, 0.3) is 0 Å². The van der Waals surface area contributed by atoms with E-state index in [2.05, 4.69) is 10.9 Å². The van der Waals surface area contributed by atoms with Crippen LogP contribution in [-0.4, -0.2) is 42.3 Å². The number of hydrogen-bond donors (Lipinski definition) is 2. The van der Waals surface area contributed by atoms with E-state index < -0.39 is 11.8 Å². The molecule has 0 spiro atoms. The number of halogens is 1. The second kappa shape index (κ2) is 10.3. The van der Waals surface area contributed by atoms with E-state index in [1.54, 1.807) is 35.2 Å². The van der Waals surface area contributed by atoms with Crippen LogP contribution >= 0.6 is 11.6 Å². The molecule has 2 N–H and O–H groups in total. The number of likely N-dealkylation sites (tertiary alicyclic amines) is 1. The quantitative estimate of drug-likeness (QED) is 0.695. The molecule has 1 heterocycles. The molecule has 3 amide bonds. The summed E-state index contributed by atoms with van der Waals surface area (Å²) in [6.07, 6.45) is 1.35. The van der Waals surface area contributed by atoms with Crippen LogP contribution in [0.5, 0.6) is 5.75 Å². The van der Waals surface area contributed by atoms with Crippen LogP contribution in [0.15, 0.2) is 42.5 Å². The van der Waals surface area contributed by atoms with E-state index in [-0.39, 0.29) is 18.4 Å². The highest BCUT2D eigenvalue weighted by molar-refractivity contribution is 6.30. The van der Waals surface area contributed by atoms with Gasteiger partial charge in [-0.1, -0.05) is 17.7 Å². The first-order valence-corrected chi connectivity index (χ1v) is 10.5. The number of hydrogen-bond acceptors (Lipinski definition) is 4. The van der Waals surface area contributed by atoms with Gasteiger partial charge in [-0.2, -0.15) is 0 Å². The standard InChI is InChI=1S/C23H26ClN3O4/c1-15-5-10-20(12-16(15)2)31-14-21(28)25-26-22(29)18-4-3-11-27(13-18)23(30)17-6-8-19(24)9-7-17/h5-10,12,18H,3-4,11,13-14H2,1-2H3,(H,25,28)(H,26,29). The fourth-order valence-electron chi connectivity index (χ4n) is 3.37. The van der Waals surface area contributed by atoms with E-state index in [1.165, 1.54) is 0 Å². The van der Waals surface area contributed by atoms with Crippen molar-refractivity contribution in [2.75, 3.05) is 19.7 Å². The number of benzene rings is 2. The molecule has 1 aliphatic rings. The van der Waals surface area contributed by atoms with E-state index in [9.17, 15) is 14.4 Å². The van der Waals surface area contributed by atoms with Gasteiger partial charge in [0.25, 0.3) is 11.8 Å². The van der Waals surface area contributed by atoms with Crippen LogP contribution < -0.4 is 15.6 Å². The number of amides is 3. The summed E-state index contributed by atoms with van der Waals surface area (Å²) in [4.78, 5) is 38.8. The Morgan fingerprint density at radius 3 is 2.52 bits per heavy atom. The van der Waals surface area contributed by atoms with Crippen molar-refractivity contribution >= 4 is 29.3 Å². The van der Waals surface area contributed by atoms with Crippen LogP contribution in [0.1, 0.15) is 34.3 Å². The number of nitrogens with one attached hydrogen (secondary N) is 2. The van der Waals surface area contributed by atoms with Gasteiger partial charge in [0.2, 0.25) is 5.91 Å². The average molecular weight is 444 g/mol. The monoisotopic (exact) mass is 443 g/mol. The molecule has 0 aliphatic carbocycles. The van der Waals surface area contributed by atoms with E-state index in [0.29, 0.717) is 42.3 Å². The molecule has 0 saturated carbocycles. The maximum absolute atomic E-state index is 12.7. The van der Waals surface area contributed by atoms with Crippen LogP contribution in [0.3, 0.4) is 0 Å². The average Bonchev–Trinajstić information content (AvgIpc) is 2.78. The van der Waals surface area contributed by atoms with Gasteiger partial charge in [0, 0.05) is 23.7 Å². The lowest BCUT2D eigenvalue weighted by atomic mass is 9.96. The van der Waals surface area contributed by atoms with Crippen molar-refractivity contribution in [3.8, 4) is 5.75 Å². The molecule has 0 aromatic heterocycles. The number of aryl methyl sites for hydroxylation is 2. The first-order valence-electron chi connectivity index (χ1n) is 10.2. The van der Waals surface area contributed by atoms with Gasteiger partial charge >= 0.3 is 0 Å². The topological polar surface area (TPSA) is 87.7 Å². The van der Waals surface area contributed by atoms with Crippen LogP contribution in [0, 0.1) is 19.8 Å². The molecule has 1 unspecified atom stereocenters. The SMILES string of the molecule is Cc1ccc(OCC(=O)NNC(=O)C2CCCN(C(=O)c3ccc(Cl)cc3)C2)cc1C. The predicted molar refractivity (Wildman–Crippen MR) is 118 cm³/mol. The second-order valence-electron chi connectivity index (χ2n) is 7.67. The number of hydrazine groups is 1. The largest absolute Gasteiger partial charge is 0.484 e. The number of rotatable bonds is 5. The van der Waals surface area contributed by atoms with Gasteiger partial charge in [-0.05, 0) is 74.2 Å². The molecular weight excluding hydrogens is 418 g/mol. The molecule has 1 aliphatic heterocycles. The highest BCUT2D eigenvalue weighted by Crippen LogP contribution is 2.20. The highest BCUT2D eigenvalue weighted by Gasteiger charge is 2.29. The van der Waals surface area contributed by atoms with Crippen molar-refractivity contribution in [2.24, 2.45) is 5.92 Å². The third kappa shape index (κ3) is 6.21. The Bertz CT molecular complexity index is 962. The Morgan fingerprint density at radius 2 is 1.81 bits per heavy atom. The Labute approximate surface area is 186 Å². The lowest BCUT2D eigenvalue weighted by Gasteiger charge is -2.32. The zero-order chi connectivity index (χ0) is 22.4. The Kier molecular flexibility index (Phi) is 7.52. The Morgan fingerprint density at radius 1 is 1.06 bits per heavy atom. The first-order chi connectivity index (χ1) is 14.8. The Hall–Kier alpha value is -3.06. The van der Waals surface area contributed by atoms with Crippen molar-refractivity contribution in [1.29, 1.82) is 0 Å². The van der Waals surface area contributed by atoms with Crippen molar-refractivity contribution in [3.05, 3.63) is 64.2 Å². The highest BCUT2D eigenvalue weighted by atomic mass is 35.5. The van der Waals surface area contributed by atoms with Gasteiger partial charge in [0.1, 0.15) is 5.75 Å². The van der Waals surface area contributed by atoms with E-state index in [1.807, 2.05) is 26.0 Å². The fourth-order valence-corrected chi connectivity index (χ4v) is 3.50. The van der Waals surface area contributed by atoms with Crippen molar-refractivity contribution in [3.63, 3.8) is 0 Å². The van der Waals surface area contributed by atoms with Crippen molar-refractivity contribution in [1.82, 2.24) is 15.8 Å². The second-order valence-corrected chi connectivity index (χ2v) is 8.11. The van der Waals surface area contributed by atoms with Gasteiger partial charge < -0.3 is 9.64 Å². The molecular formula is C23H26ClN3O4. The summed E-state index contributed by atoms with van der Waals surface area (Å²) in [5.41, 5.74) is 7.56. The zero-order valence-electron chi connectivity index (χ0n) is 17.6. The third-order valence-electron chi connectivity index (χ3n) is 5.34. The molecule has 3 rings (SSSR count). The molecule has 2 aromatic carbocycles. The summed E-state index contributed by atoms with van der Waals surface area (Å²) in [5, 5.41) is 0.560. The maximum Gasteiger partial charge on any atom is 0.276 e. The summed E-state index contributed by atoms with van der Waals surface area (Å²) >= 11 is 5.88. The lowest BCUT2D eigenvalue weighted by molar-refractivity contribution is -0.132. The summed E-state index contributed by atoms with van der Waals surface area (Å²) < 4.78 is 5.46. The van der Waals surface area contributed by atoms with Gasteiger partial charge in [-0.25, -0.2) is 0 Å². The molecule has 7 nitrogen and oxygen atoms in total. The molecule has 8 heteroatoms. The number of piperidine rings is 1. The normalized spacial score (nSPS) is 15.8.